The Balaban J connectivity index is 3.25. The van der Waals surface area contributed by atoms with Crippen LogP contribution in [0.15, 0.2) is 12.2 Å². The molecule has 4 nitrogen and oxygen atoms in total. The molecule has 0 rings (SSSR count). The summed E-state index contributed by atoms with van der Waals surface area (Å²) in [6.07, 6.45) is 16.9. The normalized spacial score (nSPS) is 10.8. The Labute approximate surface area is 135 Å². The van der Waals surface area contributed by atoms with Crippen LogP contribution in [0.5, 0.6) is 0 Å². The third kappa shape index (κ3) is 15.1. The van der Waals surface area contributed by atoms with E-state index in [1.165, 1.54) is 52.1 Å². The summed E-state index contributed by atoms with van der Waals surface area (Å²) in [6, 6.07) is 0. The van der Waals surface area contributed by atoms with Crippen molar-refractivity contribution in [1.29, 1.82) is 0 Å². The fourth-order valence-electron chi connectivity index (χ4n) is 2.17. The molecule has 0 aliphatic carbocycles. The summed E-state index contributed by atoms with van der Waals surface area (Å²) in [5.74, 6) is -0.502. The van der Waals surface area contributed by atoms with Crippen LogP contribution in [0.25, 0.3) is 0 Å². The lowest BCUT2D eigenvalue weighted by Crippen LogP contribution is -2.11. The third-order valence-corrected chi connectivity index (χ3v) is 3.51. The molecule has 0 amide bonds. The molecule has 0 saturated heterocycles. The van der Waals surface area contributed by atoms with E-state index in [2.05, 4.69) is 28.5 Å². The van der Waals surface area contributed by atoms with Gasteiger partial charge in [0.1, 0.15) is 0 Å². The Hall–Kier alpha value is -1.32. The molecule has 0 unspecified atom stereocenters. The smallest absolute Gasteiger partial charge is 0.437 e. The molecule has 0 aromatic rings. The zero-order valence-electron chi connectivity index (χ0n) is 14.3. The van der Waals surface area contributed by atoms with E-state index in [1.54, 1.807) is 0 Å². The van der Waals surface area contributed by atoms with Crippen molar-refractivity contribution >= 4 is 12.1 Å². The first-order valence-electron chi connectivity index (χ1n) is 8.64. The first-order valence-corrected chi connectivity index (χ1v) is 8.64. The van der Waals surface area contributed by atoms with E-state index < -0.39 is 12.1 Å². The SMILES string of the molecule is CCCCCC/C=C\CCCCCCCC(=O)OC(=O)OC. The zero-order chi connectivity index (χ0) is 16.5. The lowest BCUT2D eigenvalue weighted by molar-refractivity contribution is -0.139. The minimum absolute atomic E-state index is 0.284. The Morgan fingerprint density at radius 1 is 0.818 bits per heavy atom. The third-order valence-electron chi connectivity index (χ3n) is 3.51. The molecule has 0 aliphatic rings. The van der Waals surface area contributed by atoms with Gasteiger partial charge in [-0.3, -0.25) is 4.79 Å². The topological polar surface area (TPSA) is 52.6 Å². The van der Waals surface area contributed by atoms with Crippen LogP contribution in [0.3, 0.4) is 0 Å². The summed E-state index contributed by atoms with van der Waals surface area (Å²) in [6.45, 7) is 2.23. The number of esters is 1. The van der Waals surface area contributed by atoms with E-state index in [0.29, 0.717) is 0 Å². The highest BCUT2D eigenvalue weighted by molar-refractivity contribution is 5.81. The summed E-state index contributed by atoms with van der Waals surface area (Å²) in [5, 5.41) is 0. The molecule has 0 N–H and O–H groups in total. The molecule has 4 heteroatoms. The van der Waals surface area contributed by atoms with Crippen LogP contribution in [0.2, 0.25) is 0 Å². The highest BCUT2D eigenvalue weighted by Crippen LogP contribution is 2.09. The highest BCUT2D eigenvalue weighted by Gasteiger charge is 2.09. The van der Waals surface area contributed by atoms with Gasteiger partial charge in [0.05, 0.1) is 7.11 Å². The maximum Gasteiger partial charge on any atom is 0.515 e. The second-order valence-electron chi connectivity index (χ2n) is 5.56. The van der Waals surface area contributed by atoms with Crippen LogP contribution in [-0.4, -0.2) is 19.2 Å². The quantitative estimate of drug-likeness (QED) is 0.193. The number of unbranched alkanes of at least 4 members (excludes halogenated alkanes) is 9. The summed E-state index contributed by atoms with van der Waals surface area (Å²) in [5.41, 5.74) is 0. The number of hydrogen-bond donors (Lipinski definition) is 0. The molecule has 0 aliphatic heterocycles. The van der Waals surface area contributed by atoms with Gasteiger partial charge in [-0.15, -0.1) is 0 Å². The van der Waals surface area contributed by atoms with Gasteiger partial charge in [0.15, 0.2) is 0 Å². The van der Waals surface area contributed by atoms with Crippen molar-refractivity contribution in [1.82, 2.24) is 0 Å². The summed E-state index contributed by atoms with van der Waals surface area (Å²) in [4.78, 5) is 21.9. The van der Waals surface area contributed by atoms with E-state index in [0.717, 1.165) is 25.7 Å². The standard InChI is InChI=1S/C18H32O4/c1-3-4-5-6-7-8-9-10-11-12-13-14-15-16-17(19)22-18(20)21-2/h8-9H,3-7,10-16H2,1-2H3/b9-8-. The fraction of sp³-hybridized carbons (Fsp3) is 0.778. The number of rotatable bonds is 13. The molecule has 128 valence electrons. The van der Waals surface area contributed by atoms with E-state index in [9.17, 15) is 9.59 Å². The molecule has 0 spiro atoms. The molecule has 0 radical (unpaired) electrons. The first-order chi connectivity index (χ1) is 10.7. The average Bonchev–Trinajstić information content (AvgIpc) is 2.51. The van der Waals surface area contributed by atoms with Crippen molar-refractivity contribution in [2.75, 3.05) is 7.11 Å². The van der Waals surface area contributed by atoms with Crippen LogP contribution in [0.1, 0.15) is 84.0 Å². The van der Waals surface area contributed by atoms with Crippen LogP contribution < -0.4 is 0 Å². The molecular weight excluding hydrogens is 280 g/mol. The van der Waals surface area contributed by atoms with Crippen molar-refractivity contribution in [3.8, 4) is 0 Å². The van der Waals surface area contributed by atoms with Gasteiger partial charge in [0.2, 0.25) is 0 Å². The van der Waals surface area contributed by atoms with Crippen LogP contribution >= 0.6 is 0 Å². The van der Waals surface area contributed by atoms with Gasteiger partial charge in [-0.1, -0.05) is 57.6 Å². The Morgan fingerprint density at radius 2 is 1.36 bits per heavy atom. The van der Waals surface area contributed by atoms with Gasteiger partial charge in [-0.25, -0.2) is 4.79 Å². The monoisotopic (exact) mass is 312 g/mol. The number of hydrogen-bond acceptors (Lipinski definition) is 4. The van der Waals surface area contributed by atoms with Crippen molar-refractivity contribution in [3.05, 3.63) is 12.2 Å². The van der Waals surface area contributed by atoms with E-state index in [4.69, 9.17) is 0 Å². The van der Waals surface area contributed by atoms with Gasteiger partial charge < -0.3 is 9.47 Å². The molecule has 0 aromatic heterocycles. The molecule has 22 heavy (non-hydrogen) atoms. The molecule has 0 saturated carbocycles. The van der Waals surface area contributed by atoms with Gasteiger partial charge in [-0.2, -0.15) is 0 Å². The molecule has 0 aromatic carbocycles. The van der Waals surface area contributed by atoms with E-state index in [1.807, 2.05) is 0 Å². The van der Waals surface area contributed by atoms with Gasteiger partial charge in [-0.05, 0) is 32.1 Å². The van der Waals surface area contributed by atoms with Crippen LogP contribution in [-0.2, 0) is 14.3 Å². The Morgan fingerprint density at radius 3 is 1.95 bits per heavy atom. The van der Waals surface area contributed by atoms with E-state index in [-0.39, 0.29) is 6.42 Å². The molecule has 0 fully saturated rings. The number of methoxy groups -OCH3 is 1. The van der Waals surface area contributed by atoms with E-state index >= 15 is 0 Å². The van der Waals surface area contributed by atoms with Crippen molar-refractivity contribution in [2.45, 2.75) is 84.0 Å². The fourth-order valence-corrected chi connectivity index (χ4v) is 2.17. The Bertz CT molecular complexity index is 310. The van der Waals surface area contributed by atoms with Crippen molar-refractivity contribution < 1.29 is 19.1 Å². The first kappa shape index (κ1) is 20.7. The van der Waals surface area contributed by atoms with Crippen LogP contribution in [0, 0.1) is 0 Å². The zero-order valence-corrected chi connectivity index (χ0v) is 14.3. The number of ether oxygens (including phenoxy) is 2. The minimum Gasteiger partial charge on any atom is -0.437 e. The average molecular weight is 312 g/mol. The molecule has 0 atom stereocenters. The number of allylic oxidation sites excluding steroid dienone is 2. The summed E-state index contributed by atoms with van der Waals surface area (Å²) >= 11 is 0. The summed E-state index contributed by atoms with van der Waals surface area (Å²) in [7, 11) is 1.19. The minimum atomic E-state index is -0.925. The maximum atomic E-state index is 11.2. The largest absolute Gasteiger partial charge is 0.515 e. The molecule has 0 bridgehead atoms. The number of carbonyl (C=O) groups excluding carboxylic acids is 2. The van der Waals surface area contributed by atoms with Gasteiger partial charge in [0, 0.05) is 6.42 Å². The second-order valence-corrected chi connectivity index (χ2v) is 5.56. The maximum absolute atomic E-state index is 11.2. The highest BCUT2D eigenvalue weighted by atomic mass is 16.7. The lowest BCUT2D eigenvalue weighted by Gasteiger charge is -2.01. The van der Waals surface area contributed by atoms with Crippen molar-refractivity contribution in [2.24, 2.45) is 0 Å². The predicted octanol–water partition coefficient (Wildman–Crippen LogP) is 5.55. The van der Waals surface area contributed by atoms with Gasteiger partial charge >= 0.3 is 12.1 Å². The van der Waals surface area contributed by atoms with Gasteiger partial charge in [0.25, 0.3) is 0 Å². The summed E-state index contributed by atoms with van der Waals surface area (Å²) < 4.78 is 8.65. The molecule has 0 heterocycles. The second kappa shape index (κ2) is 16.1. The number of carbonyl (C=O) groups is 2. The van der Waals surface area contributed by atoms with Crippen molar-refractivity contribution in [3.63, 3.8) is 0 Å². The Kier molecular flexibility index (Phi) is 15.1. The lowest BCUT2D eigenvalue weighted by atomic mass is 10.1. The predicted molar refractivity (Wildman–Crippen MR) is 88.7 cm³/mol. The molecular formula is C18H32O4. The van der Waals surface area contributed by atoms with Crippen LogP contribution in [0.4, 0.5) is 4.79 Å².